The number of carbonyl (C=O) groups excluding carboxylic acids is 1. The minimum Gasteiger partial charge on any atom is -0.388 e. The smallest absolute Gasteiger partial charge is 0.240 e. The van der Waals surface area contributed by atoms with Crippen LogP contribution in [0.25, 0.3) is 0 Å². The van der Waals surface area contributed by atoms with E-state index in [1.165, 1.54) is 0 Å². The zero-order valence-corrected chi connectivity index (χ0v) is 11.6. The van der Waals surface area contributed by atoms with Crippen LogP contribution in [0.3, 0.4) is 0 Å². The molecule has 2 aliphatic carbocycles. The van der Waals surface area contributed by atoms with Crippen molar-refractivity contribution in [2.24, 2.45) is 5.41 Å². The lowest BCUT2D eigenvalue weighted by molar-refractivity contribution is -0.121. The van der Waals surface area contributed by atoms with Crippen molar-refractivity contribution >= 4 is 5.91 Å². The van der Waals surface area contributed by atoms with Gasteiger partial charge >= 0.3 is 0 Å². The summed E-state index contributed by atoms with van der Waals surface area (Å²) in [5.74, 6) is 0.0822. The number of hydrogen-bond donors (Lipinski definition) is 2. The number of amides is 1. The molecule has 1 fully saturated rings. The zero-order chi connectivity index (χ0) is 13.6. The van der Waals surface area contributed by atoms with Crippen molar-refractivity contribution < 1.29 is 9.90 Å². The average molecular weight is 262 g/mol. The topological polar surface area (TPSA) is 54.3 Å². The monoisotopic (exact) mass is 262 g/mol. The van der Waals surface area contributed by atoms with Crippen LogP contribution in [0.1, 0.15) is 50.5 Å². The molecule has 1 unspecified atom stereocenters. The Morgan fingerprint density at radius 1 is 1.53 bits per heavy atom. The Morgan fingerprint density at radius 2 is 2.26 bits per heavy atom. The molecule has 0 radical (unpaired) electrons. The van der Waals surface area contributed by atoms with Gasteiger partial charge in [-0.25, -0.2) is 0 Å². The van der Waals surface area contributed by atoms with E-state index in [4.69, 9.17) is 0 Å². The van der Waals surface area contributed by atoms with Crippen LogP contribution in [0.5, 0.6) is 0 Å². The summed E-state index contributed by atoms with van der Waals surface area (Å²) in [6.07, 6.45) is 5.47. The van der Waals surface area contributed by atoms with E-state index < -0.39 is 6.10 Å². The second-order valence-corrected chi connectivity index (χ2v) is 6.75. The third-order valence-corrected chi connectivity index (χ3v) is 4.12. The molecule has 2 aliphatic rings. The van der Waals surface area contributed by atoms with Crippen molar-refractivity contribution in [2.75, 3.05) is 0 Å². The first-order chi connectivity index (χ1) is 8.94. The van der Waals surface area contributed by atoms with Gasteiger partial charge in [-0.15, -0.1) is 0 Å². The molecule has 1 atom stereocenters. The van der Waals surface area contributed by atoms with Gasteiger partial charge in [0.05, 0.1) is 6.10 Å². The van der Waals surface area contributed by atoms with E-state index in [-0.39, 0.29) is 11.3 Å². The van der Waals surface area contributed by atoms with Crippen LogP contribution < -0.4 is 5.32 Å². The van der Waals surface area contributed by atoms with Crippen LogP contribution in [-0.4, -0.2) is 21.6 Å². The molecule has 0 aromatic carbocycles. The first-order valence-corrected chi connectivity index (χ1v) is 7.10. The van der Waals surface area contributed by atoms with E-state index in [9.17, 15) is 9.90 Å². The van der Waals surface area contributed by atoms with Crippen molar-refractivity contribution in [2.45, 2.75) is 58.2 Å². The maximum Gasteiger partial charge on any atom is 0.240 e. The molecule has 0 saturated heterocycles. The molecule has 1 saturated carbocycles. The molecule has 19 heavy (non-hydrogen) atoms. The summed E-state index contributed by atoms with van der Waals surface area (Å²) in [4.78, 5) is 11.9. The van der Waals surface area contributed by atoms with Crippen LogP contribution in [0.4, 0.5) is 0 Å². The Balaban J connectivity index is 1.78. The molecule has 1 aromatic rings. The van der Waals surface area contributed by atoms with Crippen molar-refractivity contribution in [3.63, 3.8) is 0 Å². The molecule has 1 aromatic heterocycles. The highest BCUT2D eigenvalue weighted by molar-refractivity contribution is 5.76. The number of nitrogens with zero attached hydrogens (tertiary/aromatic N) is 1. The number of aliphatic hydroxyl groups is 1. The third kappa shape index (κ3) is 2.68. The molecular formula is C15H22N2O2. The predicted octanol–water partition coefficient (Wildman–Crippen LogP) is 1.77. The highest BCUT2D eigenvalue weighted by Gasteiger charge is 2.33. The normalized spacial score (nSPS) is 24.9. The van der Waals surface area contributed by atoms with Gasteiger partial charge in [-0.2, -0.15) is 0 Å². The summed E-state index contributed by atoms with van der Waals surface area (Å²) < 4.78 is 2.00. The first kappa shape index (κ1) is 12.7. The molecule has 1 heterocycles. The lowest BCUT2D eigenvalue weighted by Crippen LogP contribution is -2.31. The van der Waals surface area contributed by atoms with Gasteiger partial charge in [-0.05, 0) is 37.2 Å². The van der Waals surface area contributed by atoms with E-state index in [1.54, 1.807) is 0 Å². The molecule has 1 amide bonds. The number of rotatable bonds is 3. The second kappa shape index (κ2) is 4.37. The Kier molecular flexibility index (Phi) is 2.93. The number of carbonyl (C=O) groups is 1. The van der Waals surface area contributed by atoms with E-state index in [2.05, 4.69) is 19.2 Å². The maximum atomic E-state index is 11.9. The second-order valence-electron chi connectivity index (χ2n) is 6.75. The number of hydrogen-bond acceptors (Lipinski definition) is 2. The van der Waals surface area contributed by atoms with Crippen molar-refractivity contribution in [3.05, 3.63) is 23.5 Å². The maximum absolute atomic E-state index is 11.9. The minimum absolute atomic E-state index is 0.0822. The number of nitrogens with one attached hydrogen (secondary N) is 1. The number of fused-ring (bicyclic) bond motifs is 1. The molecule has 2 N–H and O–H groups in total. The fourth-order valence-corrected chi connectivity index (χ4v) is 2.99. The summed E-state index contributed by atoms with van der Waals surface area (Å²) >= 11 is 0. The fourth-order valence-electron chi connectivity index (χ4n) is 2.99. The molecule has 104 valence electrons. The van der Waals surface area contributed by atoms with Crippen molar-refractivity contribution in [3.8, 4) is 0 Å². The SMILES string of the molecule is CC1(C)Cc2c(ccn2CC(=O)NC2CC2)C(O)C1. The average Bonchev–Trinajstić information content (AvgIpc) is 3.00. The lowest BCUT2D eigenvalue weighted by Gasteiger charge is -2.33. The van der Waals surface area contributed by atoms with Crippen LogP contribution >= 0.6 is 0 Å². The van der Waals surface area contributed by atoms with Gasteiger partial charge in [-0.1, -0.05) is 13.8 Å². The number of aromatic nitrogens is 1. The molecule has 4 nitrogen and oxygen atoms in total. The summed E-state index contributed by atoms with van der Waals surface area (Å²) in [6.45, 7) is 4.70. The molecular weight excluding hydrogens is 240 g/mol. The van der Waals surface area contributed by atoms with Gasteiger partial charge in [0.1, 0.15) is 6.54 Å². The summed E-state index contributed by atoms with van der Waals surface area (Å²) in [5.41, 5.74) is 2.21. The van der Waals surface area contributed by atoms with Gasteiger partial charge in [0.2, 0.25) is 5.91 Å². The van der Waals surface area contributed by atoms with Crippen molar-refractivity contribution in [1.82, 2.24) is 9.88 Å². The van der Waals surface area contributed by atoms with Crippen molar-refractivity contribution in [1.29, 1.82) is 0 Å². The van der Waals surface area contributed by atoms with Gasteiger partial charge in [0, 0.05) is 23.5 Å². The fraction of sp³-hybridized carbons (Fsp3) is 0.667. The highest BCUT2D eigenvalue weighted by atomic mass is 16.3. The molecule has 0 bridgehead atoms. The van der Waals surface area contributed by atoms with E-state index >= 15 is 0 Å². The van der Waals surface area contributed by atoms with E-state index in [0.29, 0.717) is 12.6 Å². The summed E-state index contributed by atoms with van der Waals surface area (Å²) in [7, 11) is 0. The summed E-state index contributed by atoms with van der Waals surface area (Å²) in [5, 5.41) is 13.2. The number of aliphatic hydroxyl groups excluding tert-OH is 1. The first-order valence-electron chi connectivity index (χ1n) is 7.10. The Labute approximate surface area is 113 Å². The van der Waals surface area contributed by atoms with E-state index in [0.717, 1.165) is 36.9 Å². The standard InChI is InChI=1S/C15H22N2O2/c1-15(2)7-12-11(13(18)8-15)5-6-17(12)9-14(19)16-10-3-4-10/h5-6,10,13,18H,3-4,7-9H2,1-2H3,(H,16,19). The Hall–Kier alpha value is -1.29. The highest BCUT2D eigenvalue weighted by Crippen LogP contribution is 2.41. The molecule has 0 spiro atoms. The lowest BCUT2D eigenvalue weighted by atomic mass is 9.75. The third-order valence-electron chi connectivity index (χ3n) is 4.12. The Morgan fingerprint density at radius 3 is 2.95 bits per heavy atom. The predicted molar refractivity (Wildman–Crippen MR) is 72.7 cm³/mol. The van der Waals surface area contributed by atoms with Gasteiger partial charge in [0.25, 0.3) is 0 Å². The van der Waals surface area contributed by atoms with Gasteiger partial charge in [-0.3, -0.25) is 4.79 Å². The largest absolute Gasteiger partial charge is 0.388 e. The zero-order valence-electron chi connectivity index (χ0n) is 11.6. The van der Waals surface area contributed by atoms with Crippen LogP contribution in [0.15, 0.2) is 12.3 Å². The van der Waals surface area contributed by atoms with Crippen LogP contribution in [0.2, 0.25) is 0 Å². The van der Waals surface area contributed by atoms with Crippen LogP contribution in [0, 0.1) is 5.41 Å². The van der Waals surface area contributed by atoms with Crippen LogP contribution in [-0.2, 0) is 17.8 Å². The minimum atomic E-state index is -0.397. The molecule has 4 heteroatoms. The molecule has 3 rings (SSSR count). The Bertz CT molecular complexity index is 500. The quantitative estimate of drug-likeness (QED) is 0.872. The molecule has 0 aliphatic heterocycles. The van der Waals surface area contributed by atoms with Gasteiger partial charge < -0.3 is 15.0 Å². The van der Waals surface area contributed by atoms with E-state index in [1.807, 2.05) is 16.8 Å². The van der Waals surface area contributed by atoms with Gasteiger partial charge in [0.15, 0.2) is 0 Å². The summed E-state index contributed by atoms with van der Waals surface area (Å²) in [6, 6.07) is 2.36.